The lowest BCUT2D eigenvalue weighted by Gasteiger charge is -2.02. The van der Waals surface area contributed by atoms with Crippen molar-refractivity contribution in [2.24, 2.45) is 27.6 Å². The maximum atomic E-state index is 5.20. The van der Waals surface area contributed by atoms with Gasteiger partial charge in [0, 0.05) is 5.71 Å². The lowest BCUT2D eigenvalue weighted by Crippen LogP contribution is -2.22. The van der Waals surface area contributed by atoms with Crippen molar-refractivity contribution in [2.45, 2.75) is 39.0 Å². The zero-order valence-electron chi connectivity index (χ0n) is 8.16. The van der Waals surface area contributed by atoms with Crippen LogP contribution in [0, 0.1) is 5.92 Å². The Morgan fingerprint density at radius 2 is 2.08 bits per heavy atom. The SMILES string of the molecule is CC1CCC/C(=N\N=C(N)N)CC1. The summed E-state index contributed by atoms with van der Waals surface area (Å²) < 4.78 is 0. The molecule has 1 saturated carbocycles. The van der Waals surface area contributed by atoms with E-state index in [9.17, 15) is 0 Å². The molecule has 1 rings (SSSR count). The fourth-order valence-corrected chi connectivity index (χ4v) is 1.57. The summed E-state index contributed by atoms with van der Waals surface area (Å²) in [5, 5.41) is 7.71. The highest BCUT2D eigenvalue weighted by molar-refractivity contribution is 5.85. The van der Waals surface area contributed by atoms with Crippen LogP contribution in [-0.2, 0) is 0 Å². The van der Waals surface area contributed by atoms with Gasteiger partial charge in [-0.3, -0.25) is 0 Å². The van der Waals surface area contributed by atoms with Crippen LogP contribution in [0.1, 0.15) is 39.0 Å². The van der Waals surface area contributed by atoms with E-state index in [-0.39, 0.29) is 5.96 Å². The number of guanidine groups is 1. The number of nitrogens with two attached hydrogens (primary N) is 2. The highest BCUT2D eigenvalue weighted by Gasteiger charge is 2.11. The van der Waals surface area contributed by atoms with E-state index in [4.69, 9.17) is 11.5 Å². The summed E-state index contributed by atoms with van der Waals surface area (Å²) in [5.74, 6) is 0.858. The molecule has 4 nitrogen and oxygen atoms in total. The van der Waals surface area contributed by atoms with Crippen molar-refractivity contribution in [1.82, 2.24) is 0 Å². The Labute approximate surface area is 79.1 Å². The van der Waals surface area contributed by atoms with Crippen LogP contribution in [0.5, 0.6) is 0 Å². The van der Waals surface area contributed by atoms with Gasteiger partial charge in [0.1, 0.15) is 0 Å². The highest BCUT2D eigenvalue weighted by Crippen LogP contribution is 2.20. The first kappa shape index (κ1) is 10.0. The summed E-state index contributed by atoms with van der Waals surface area (Å²) in [6.07, 6.45) is 5.79. The van der Waals surface area contributed by atoms with Crippen LogP contribution in [0.25, 0.3) is 0 Å². The Bertz CT molecular complexity index is 216. The summed E-state index contributed by atoms with van der Waals surface area (Å²) in [7, 11) is 0. The Balaban J connectivity index is 2.51. The van der Waals surface area contributed by atoms with E-state index in [0.717, 1.165) is 24.5 Å². The van der Waals surface area contributed by atoms with Crippen molar-refractivity contribution < 1.29 is 0 Å². The first-order valence-electron chi connectivity index (χ1n) is 4.83. The summed E-state index contributed by atoms with van der Waals surface area (Å²) in [4.78, 5) is 0. The molecule has 74 valence electrons. The first-order valence-corrected chi connectivity index (χ1v) is 4.83. The van der Waals surface area contributed by atoms with E-state index in [1.54, 1.807) is 0 Å². The minimum Gasteiger partial charge on any atom is -0.369 e. The molecule has 0 aromatic rings. The monoisotopic (exact) mass is 182 g/mol. The third-order valence-electron chi connectivity index (χ3n) is 2.39. The second-order valence-electron chi connectivity index (χ2n) is 3.73. The molecule has 1 aliphatic carbocycles. The smallest absolute Gasteiger partial charge is 0.211 e. The van der Waals surface area contributed by atoms with Gasteiger partial charge in [-0.25, -0.2) is 0 Å². The quantitative estimate of drug-likeness (QED) is 0.277. The van der Waals surface area contributed by atoms with Gasteiger partial charge in [0.2, 0.25) is 5.96 Å². The van der Waals surface area contributed by atoms with Crippen molar-refractivity contribution in [3.63, 3.8) is 0 Å². The van der Waals surface area contributed by atoms with E-state index < -0.39 is 0 Å². The predicted molar refractivity (Wildman–Crippen MR) is 55.5 cm³/mol. The molecule has 0 spiro atoms. The van der Waals surface area contributed by atoms with Crippen LogP contribution in [0.2, 0.25) is 0 Å². The molecular weight excluding hydrogens is 164 g/mol. The van der Waals surface area contributed by atoms with E-state index in [2.05, 4.69) is 17.1 Å². The van der Waals surface area contributed by atoms with Crippen LogP contribution in [0.15, 0.2) is 10.2 Å². The summed E-state index contributed by atoms with van der Waals surface area (Å²) >= 11 is 0. The number of nitrogens with zero attached hydrogens (tertiary/aromatic N) is 2. The maximum absolute atomic E-state index is 5.20. The molecule has 0 aromatic carbocycles. The second kappa shape index (κ2) is 4.84. The fourth-order valence-electron chi connectivity index (χ4n) is 1.57. The number of hydrogen-bond acceptors (Lipinski definition) is 2. The Morgan fingerprint density at radius 1 is 1.31 bits per heavy atom. The average molecular weight is 182 g/mol. The van der Waals surface area contributed by atoms with Crippen LogP contribution in [-0.4, -0.2) is 11.7 Å². The van der Waals surface area contributed by atoms with Crippen LogP contribution < -0.4 is 11.5 Å². The predicted octanol–water partition coefficient (Wildman–Crippen LogP) is 1.22. The van der Waals surface area contributed by atoms with E-state index >= 15 is 0 Å². The van der Waals surface area contributed by atoms with Gasteiger partial charge >= 0.3 is 0 Å². The zero-order valence-corrected chi connectivity index (χ0v) is 8.16. The fraction of sp³-hybridized carbons (Fsp3) is 0.778. The van der Waals surface area contributed by atoms with Gasteiger partial charge in [-0.2, -0.15) is 5.10 Å². The minimum absolute atomic E-state index is 0.0461. The van der Waals surface area contributed by atoms with Gasteiger partial charge in [0.05, 0.1) is 0 Å². The molecule has 4 heteroatoms. The molecular formula is C9H18N4. The minimum atomic E-state index is 0.0461. The molecule has 4 N–H and O–H groups in total. The van der Waals surface area contributed by atoms with Crippen LogP contribution in [0.3, 0.4) is 0 Å². The molecule has 0 aromatic heterocycles. The first-order chi connectivity index (χ1) is 6.18. The number of hydrogen-bond donors (Lipinski definition) is 2. The molecule has 1 unspecified atom stereocenters. The molecule has 0 radical (unpaired) electrons. The Morgan fingerprint density at radius 3 is 2.77 bits per heavy atom. The third kappa shape index (κ3) is 3.92. The van der Waals surface area contributed by atoms with E-state index in [1.165, 1.54) is 19.3 Å². The van der Waals surface area contributed by atoms with Gasteiger partial charge in [0.25, 0.3) is 0 Å². The highest BCUT2D eigenvalue weighted by atomic mass is 15.3. The van der Waals surface area contributed by atoms with Crippen molar-refractivity contribution in [3.05, 3.63) is 0 Å². The molecule has 0 saturated heterocycles. The van der Waals surface area contributed by atoms with E-state index in [0.29, 0.717) is 0 Å². The molecule has 0 aliphatic heterocycles. The van der Waals surface area contributed by atoms with Gasteiger partial charge in [-0.1, -0.05) is 13.3 Å². The lowest BCUT2D eigenvalue weighted by molar-refractivity contribution is 0.508. The van der Waals surface area contributed by atoms with Gasteiger partial charge in [-0.05, 0) is 31.6 Å². The largest absolute Gasteiger partial charge is 0.369 e. The van der Waals surface area contributed by atoms with Crippen molar-refractivity contribution in [1.29, 1.82) is 0 Å². The summed E-state index contributed by atoms with van der Waals surface area (Å²) in [6.45, 7) is 2.28. The third-order valence-corrected chi connectivity index (χ3v) is 2.39. The molecule has 0 heterocycles. The molecule has 1 aliphatic rings. The lowest BCUT2D eigenvalue weighted by atomic mass is 10.0. The molecule has 0 amide bonds. The summed E-state index contributed by atoms with van der Waals surface area (Å²) in [5.41, 5.74) is 11.5. The normalized spacial score (nSPS) is 26.8. The number of rotatable bonds is 1. The molecule has 1 atom stereocenters. The molecule has 13 heavy (non-hydrogen) atoms. The van der Waals surface area contributed by atoms with Crippen LogP contribution >= 0.6 is 0 Å². The Hall–Kier alpha value is -1.06. The van der Waals surface area contributed by atoms with Gasteiger partial charge in [-0.15, -0.1) is 5.10 Å². The van der Waals surface area contributed by atoms with E-state index in [1.807, 2.05) is 0 Å². The van der Waals surface area contributed by atoms with Gasteiger partial charge in [0.15, 0.2) is 0 Å². The summed E-state index contributed by atoms with van der Waals surface area (Å²) in [6, 6.07) is 0. The second-order valence-corrected chi connectivity index (χ2v) is 3.73. The molecule has 0 bridgehead atoms. The molecule has 1 fully saturated rings. The topological polar surface area (TPSA) is 76.8 Å². The standard InChI is InChI=1S/C9H18N4/c1-7-3-2-4-8(6-5-7)12-13-9(10)11/h7H,2-6H2,1H3,(H4,10,11,13)/b12-8+. The zero-order chi connectivity index (χ0) is 9.68. The Kier molecular flexibility index (Phi) is 3.73. The van der Waals surface area contributed by atoms with Crippen molar-refractivity contribution in [3.8, 4) is 0 Å². The average Bonchev–Trinajstić information content (AvgIpc) is 2.27. The van der Waals surface area contributed by atoms with Crippen molar-refractivity contribution >= 4 is 11.7 Å². The van der Waals surface area contributed by atoms with Crippen molar-refractivity contribution in [2.75, 3.05) is 0 Å². The maximum Gasteiger partial charge on any atom is 0.211 e. The van der Waals surface area contributed by atoms with Crippen LogP contribution in [0.4, 0.5) is 0 Å². The van der Waals surface area contributed by atoms with Gasteiger partial charge < -0.3 is 11.5 Å².